The maximum Gasteiger partial charge on any atom is 0.323 e. The summed E-state index contributed by atoms with van der Waals surface area (Å²) in [6, 6.07) is 9.05. The highest BCUT2D eigenvalue weighted by Gasteiger charge is 2.35. The second kappa shape index (κ2) is 13.4. The van der Waals surface area contributed by atoms with Crippen LogP contribution in [-0.2, 0) is 0 Å². The molecule has 0 saturated heterocycles. The van der Waals surface area contributed by atoms with Crippen molar-refractivity contribution in [1.82, 2.24) is 15.1 Å². The topological polar surface area (TPSA) is 142 Å². The highest BCUT2D eigenvalue weighted by Crippen LogP contribution is 2.36. The molecule has 1 saturated carbocycles. The van der Waals surface area contributed by atoms with E-state index in [1.165, 1.54) is 6.42 Å². The van der Waals surface area contributed by atoms with Gasteiger partial charge in [-0.05, 0) is 44.0 Å². The van der Waals surface area contributed by atoms with Gasteiger partial charge in [0.15, 0.2) is 17.2 Å². The third-order valence-electron chi connectivity index (χ3n) is 8.30. The third-order valence-corrected chi connectivity index (χ3v) is 8.30. The summed E-state index contributed by atoms with van der Waals surface area (Å²) in [7, 11) is 1.73. The van der Waals surface area contributed by atoms with E-state index in [-0.39, 0.29) is 55.2 Å². The molecule has 2 heterocycles. The van der Waals surface area contributed by atoms with Gasteiger partial charge < -0.3 is 45.1 Å². The number of urea groups is 2. The van der Waals surface area contributed by atoms with Crippen LogP contribution in [0.25, 0.3) is 0 Å². The van der Waals surface area contributed by atoms with Crippen LogP contribution in [0.4, 0.5) is 21.0 Å². The normalized spacial score (nSPS) is 20.7. The fourth-order valence-corrected chi connectivity index (χ4v) is 5.70. The number of para-hydroxylation sites is 1. The summed E-state index contributed by atoms with van der Waals surface area (Å²) in [6.45, 7) is 4.23. The van der Waals surface area contributed by atoms with Crippen molar-refractivity contribution in [2.24, 2.45) is 5.92 Å². The molecule has 0 radical (unpaired) electrons. The van der Waals surface area contributed by atoms with Crippen molar-refractivity contribution in [3.63, 3.8) is 0 Å². The van der Waals surface area contributed by atoms with Crippen molar-refractivity contribution < 1.29 is 33.7 Å². The Kier molecular flexibility index (Phi) is 9.44. The van der Waals surface area contributed by atoms with Crippen LogP contribution in [0.5, 0.6) is 17.2 Å². The van der Waals surface area contributed by atoms with Crippen molar-refractivity contribution in [3.8, 4) is 17.2 Å². The van der Waals surface area contributed by atoms with E-state index < -0.39 is 18.2 Å². The fourth-order valence-electron chi connectivity index (χ4n) is 5.70. The number of hydrogen-bond acceptors (Lipinski definition) is 7. The molecule has 12 nitrogen and oxygen atoms in total. The number of carbonyl (C=O) groups excluding carboxylic acids is 3. The van der Waals surface area contributed by atoms with Gasteiger partial charge in [0.25, 0.3) is 5.91 Å². The summed E-state index contributed by atoms with van der Waals surface area (Å²) in [6.07, 6.45) is 4.85. The highest BCUT2D eigenvalue weighted by atomic mass is 16.7. The van der Waals surface area contributed by atoms with E-state index in [9.17, 15) is 19.5 Å². The number of anilines is 2. The molecule has 1 aliphatic carbocycles. The monoisotopic (exact) mass is 595 g/mol. The first-order valence-electron chi connectivity index (χ1n) is 14.9. The number of amides is 5. The number of aliphatic hydroxyl groups excluding tert-OH is 1. The van der Waals surface area contributed by atoms with Gasteiger partial charge in [0, 0.05) is 37.3 Å². The number of nitrogens with one attached hydrogen (secondary N) is 3. The summed E-state index contributed by atoms with van der Waals surface area (Å²) >= 11 is 0. The second-order valence-electron chi connectivity index (χ2n) is 11.6. The first kappa shape index (κ1) is 30.3. The summed E-state index contributed by atoms with van der Waals surface area (Å²) in [4.78, 5) is 43.2. The molecule has 43 heavy (non-hydrogen) atoms. The highest BCUT2D eigenvalue weighted by molar-refractivity contribution is 6.04. The SMILES string of the molecule is C[C@@H]1CN([C@@H](C)CO)C(=O)c2cccc(NC(=O)Nc3ccc4c(c3)OCO4)c2O[C@@H]1CN(C)C(=O)NC1CCCCC1. The molecule has 2 aliphatic heterocycles. The second-order valence-corrected chi connectivity index (χ2v) is 11.6. The first-order valence-corrected chi connectivity index (χ1v) is 14.9. The minimum atomic E-state index is -0.542. The molecule has 3 aliphatic rings. The Morgan fingerprint density at radius 2 is 1.86 bits per heavy atom. The average molecular weight is 596 g/mol. The molecule has 0 spiro atoms. The molecular formula is C31H41N5O7. The van der Waals surface area contributed by atoms with Gasteiger partial charge in [0.2, 0.25) is 6.79 Å². The van der Waals surface area contributed by atoms with E-state index in [1.807, 2.05) is 6.92 Å². The van der Waals surface area contributed by atoms with Gasteiger partial charge in [-0.1, -0.05) is 32.3 Å². The number of rotatable bonds is 7. The van der Waals surface area contributed by atoms with Crippen LogP contribution in [0.1, 0.15) is 56.3 Å². The molecule has 2 aromatic carbocycles. The van der Waals surface area contributed by atoms with Crippen LogP contribution in [0.15, 0.2) is 36.4 Å². The number of nitrogens with zero attached hydrogens (tertiary/aromatic N) is 2. The van der Waals surface area contributed by atoms with Gasteiger partial charge in [0.05, 0.1) is 30.4 Å². The smallest absolute Gasteiger partial charge is 0.323 e. The Hall–Kier alpha value is -4.19. The lowest BCUT2D eigenvalue weighted by Gasteiger charge is -2.38. The van der Waals surface area contributed by atoms with E-state index in [0.29, 0.717) is 29.4 Å². The molecule has 0 aromatic heterocycles. The minimum Gasteiger partial charge on any atom is -0.485 e. The number of likely N-dealkylation sites (N-methyl/N-ethyl adjacent to an activating group) is 1. The van der Waals surface area contributed by atoms with Crippen LogP contribution in [0.3, 0.4) is 0 Å². The minimum absolute atomic E-state index is 0.120. The Morgan fingerprint density at radius 1 is 1.09 bits per heavy atom. The summed E-state index contributed by atoms with van der Waals surface area (Å²) in [5.41, 5.74) is 1.05. The molecule has 232 valence electrons. The van der Waals surface area contributed by atoms with E-state index in [2.05, 4.69) is 16.0 Å². The number of hydrogen-bond donors (Lipinski definition) is 4. The predicted molar refractivity (Wildman–Crippen MR) is 161 cm³/mol. The lowest BCUT2D eigenvalue weighted by Crippen LogP contribution is -2.52. The molecule has 0 bridgehead atoms. The Bertz CT molecular complexity index is 1330. The zero-order chi connectivity index (χ0) is 30.5. The molecule has 3 atom stereocenters. The third kappa shape index (κ3) is 7.07. The Labute approximate surface area is 251 Å². The number of carbonyl (C=O) groups is 3. The molecule has 5 rings (SSSR count). The molecular weight excluding hydrogens is 554 g/mol. The summed E-state index contributed by atoms with van der Waals surface area (Å²) in [5.74, 6) is 0.822. The number of fused-ring (bicyclic) bond motifs is 2. The maximum atomic E-state index is 13.7. The van der Waals surface area contributed by atoms with Crippen LogP contribution in [-0.4, -0.2) is 84.6 Å². The molecule has 5 amide bonds. The maximum absolute atomic E-state index is 13.7. The quantitative estimate of drug-likeness (QED) is 0.375. The predicted octanol–water partition coefficient (Wildman–Crippen LogP) is 4.25. The Balaban J connectivity index is 1.38. The Morgan fingerprint density at radius 3 is 2.63 bits per heavy atom. The van der Waals surface area contributed by atoms with Crippen molar-refractivity contribution in [2.75, 3.05) is 44.2 Å². The van der Waals surface area contributed by atoms with Crippen molar-refractivity contribution in [2.45, 2.75) is 64.1 Å². The van der Waals surface area contributed by atoms with Gasteiger partial charge in [-0.3, -0.25) is 4.79 Å². The van der Waals surface area contributed by atoms with Gasteiger partial charge >= 0.3 is 12.1 Å². The molecule has 2 aromatic rings. The molecule has 0 unspecified atom stereocenters. The van der Waals surface area contributed by atoms with Crippen molar-refractivity contribution in [1.29, 1.82) is 0 Å². The number of ether oxygens (including phenoxy) is 3. The zero-order valence-corrected chi connectivity index (χ0v) is 24.9. The molecule has 12 heteroatoms. The van der Waals surface area contributed by atoms with Crippen LogP contribution >= 0.6 is 0 Å². The number of aliphatic hydroxyl groups is 1. The molecule has 1 fully saturated rings. The number of benzene rings is 2. The largest absolute Gasteiger partial charge is 0.485 e. The van der Waals surface area contributed by atoms with Crippen LogP contribution < -0.4 is 30.2 Å². The van der Waals surface area contributed by atoms with E-state index in [1.54, 1.807) is 60.2 Å². The van der Waals surface area contributed by atoms with Crippen molar-refractivity contribution in [3.05, 3.63) is 42.0 Å². The van der Waals surface area contributed by atoms with Gasteiger partial charge in [-0.15, -0.1) is 0 Å². The van der Waals surface area contributed by atoms with E-state index in [4.69, 9.17) is 14.2 Å². The van der Waals surface area contributed by atoms with Crippen molar-refractivity contribution >= 4 is 29.3 Å². The summed E-state index contributed by atoms with van der Waals surface area (Å²) < 4.78 is 17.3. The standard InChI is InChI=1S/C31H41N5O7/c1-19-15-36(20(2)17-37)29(38)23-10-7-11-24(34-30(39)32-22-12-13-25-26(14-22)42-18-41-25)28(23)43-27(19)16-35(3)31(40)33-21-8-5-4-6-9-21/h7,10-14,19-21,27,37H,4-6,8-9,15-18H2,1-3H3,(H,33,40)(H2,32,34,39)/t19-,20+,27-/m1/s1. The lowest BCUT2D eigenvalue weighted by atomic mass is 9.96. The van der Waals surface area contributed by atoms with Gasteiger partial charge in [0.1, 0.15) is 6.10 Å². The van der Waals surface area contributed by atoms with E-state index in [0.717, 1.165) is 25.7 Å². The fraction of sp³-hybridized carbons (Fsp3) is 0.516. The zero-order valence-electron chi connectivity index (χ0n) is 24.9. The van der Waals surface area contributed by atoms with Gasteiger partial charge in [-0.25, -0.2) is 9.59 Å². The van der Waals surface area contributed by atoms with E-state index >= 15 is 0 Å². The van der Waals surface area contributed by atoms with Crippen LogP contribution in [0, 0.1) is 5.92 Å². The first-order chi connectivity index (χ1) is 20.7. The van der Waals surface area contributed by atoms with Gasteiger partial charge in [-0.2, -0.15) is 0 Å². The van der Waals surface area contributed by atoms with Crippen LogP contribution in [0.2, 0.25) is 0 Å². The summed E-state index contributed by atoms with van der Waals surface area (Å²) in [5, 5.41) is 18.7. The molecule has 4 N–H and O–H groups in total. The average Bonchev–Trinajstić information content (AvgIpc) is 3.47. The lowest BCUT2D eigenvalue weighted by molar-refractivity contribution is 0.0368.